The predicted octanol–water partition coefficient (Wildman–Crippen LogP) is 2.87. The van der Waals surface area contributed by atoms with Crippen LogP contribution in [0, 0.1) is 13.8 Å². The Morgan fingerprint density at radius 3 is 2.90 bits per heavy atom. The van der Waals surface area contributed by atoms with E-state index in [1.807, 2.05) is 25.3 Å². The molecule has 1 aliphatic carbocycles. The lowest BCUT2D eigenvalue weighted by atomic mass is 10.3. The second-order valence-electron chi connectivity index (χ2n) is 5.33. The molecule has 2 aromatic heterocycles. The van der Waals surface area contributed by atoms with Crippen molar-refractivity contribution in [3.63, 3.8) is 0 Å². The van der Waals surface area contributed by atoms with Gasteiger partial charge in [-0.25, -0.2) is 4.98 Å². The van der Waals surface area contributed by atoms with Gasteiger partial charge in [0, 0.05) is 35.8 Å². The summed E-state index contributed by atoms with van der Waals surface area (Å²) in [5.41, 5.74) is 1.22. The minimum absolute atomic E-state index is 0.0179. The molecule has 2 aromatic rings. The Kier molecular flexibility index (Phi) is 3.61. The summed E-state index contributed by atoms with van der Waals surface area (Å²) in [6.07, 6.45) is 5.23. The second-order valence-corrected chi connectivity index (χ2v) is 6.62. The van der Waals surface area contributed by atoms with Crippen LogP contribution in [0.2, 0.25) is 0 Å². The van der Waals surface area contributed by atoms with Gasteiger partial charge >= 0.3 is 0 Å². The molecule has 1 aliphatic rings. The van der Waals surface area contributed by atoms with Crippen LogP contribution in [-0.4, -0.2) is 22.0 Å². The zero-order valence-electron chi connectivity index (χ0n) is 11.8. The maximum absolute atomic E-state index is 12.0. The van der Waals surface area contributed by atoms with Crippen molar-refractivity contribution in [2.45, 2.75) is 39.2 Å². The van der Waals surface area contributed by atoms with Crippen LogP contribution in [0.3, 0.4) is 0 Å². The molecule has 2 heterocycles. The molecule has 106 valence electrons. The van der Waals surface area contributed by atoms with Crippen LogP contribution in [-0.2, 0) is 6.42 Å². The monoisotopic (exact) mass is 289 g/mol. The highest BCUT2D eigenvalue weighted by Crippen LogP contribution is 2.36. The van der Waals surface area contributed by atoms with E-state index in [1.165, 1.54) is 29.9 Å². The molecule has 3 rings (SSSR count). The number of imidazole rings is 1. The van der Waals surface area contributed by atoms with Crippen molar-refractivity contribution in [3.05, 3.63) is 39.6 Å². The summed E-state index contributed by atoms with van der Waals surface area (Å²) in [5.74, 6) is 1.11. The first-order valence-electron chi connectivity index (χ1n) is 7.02. The standard InChI is InChI=1S/C15H19N3OS/c1-10-9-17-14(18(10)12-4-5-12)7-8-16-15(19)13-6-3-11(2)20-13/h3,6,9,12H,4-5,7-8H2,1-2H3,(H,16,19). The lowest BCUT2D eigenvalue weighted by molar-refractivity contribution is 0.0958. The van der Waals surface area contributed by atoms with E-state index >= 15 is 0 Å². The molecule has 0 radical (unpaired) electrons. The van der Waals surface area contributed by atoms with E-state index in [4.69, 9.17) is 0 Å². The highest BCUT2D eigenvalue weighted by Gasteiger charge is 2.26. The van der Waals surface area contributed by atoms with Gasteiger partial charge in [0.25, 0.3) is 5.91 Å². The number of carbonyl (C=O) groups is 1. The van der Waals surface area contributed by atoms with Crippen molar-refractivity contribution < 1.29 is 4.79 Å². The van der Waals surface area contributed by atoms with E-state index in [1.54, 1.807) is 0 Å². The number of rotatable bonds is 5. The maximum atomic E-state index is 12.0. The van der Waals surface area contributed by atoms with Crippen LogP contribution in [0.4, 0.5) is 0 Å². The molecule has 0 aromatic carbocycles. The topological polar surface area (TPSA) is 46.9 Å². The molecule has 0 bridgehead atoms. The van der Waals surface area contributed by atoms with Gasteiger partial charge < -0.3 is 9.88 Å². The lowest BCUT2D eigenvalue weighted by Gasteiger charge is -2.09. The number of aryl methyl sites for hydroxylation is 2. The van der Waals surface area contributed by atoms with Gasteiger partial charge in [0.05, 0.1) is 4.88 Å². The maximum Gasteiger partial charge on any atom is 0.261 e. The third-order valence-corrected chi connectivity index (χ3v) is 4.57. The first kappa shape index (κ1) is 13.4. The normalized spacial score (nSPS) is 14.5. The minimum atomic E-state index is 0.0179. The average molecular weight is 289 g/mol. The van der Waals surface area contributed by atoms with Crippen molar-refractivity contribution in [2.24, 2.45) is 0 Å². The first-order chi connectivity index (χ1) is 9.65. The lowest BCUT2D eigenvalue weighted by Crippen LogP contribution is -2.25. The Morgan fingerprint density at radius 1 is 1.45 bits per heavy atom. The molecule has 1 fully saturated rings. The van der Waals surface area contributed by atoms with E-state index in [0.29, 0.717) is 12.6 Å². The summed E-state index contributed by atoms with van der Waals surface area (Å²) in [4.78, 5) is 18.4. The number of carbonyl (C=O) groups excluding carboxylic acids is 1. The Hall–Kier alpha value is -1.62. The molecule has 5 heteroatoms. The molecule has 4 nitrogen and oxygen atoms in total. The zero-order chi connectivity index (χ0) is 14.1. The first-order valence-corrected chi connectivity index (χ1v) is 7.84. The summed E-state index contributed by atoms with van der Waals surface area (Å²) < 4.78 is 2.32. The average Bonchev–Trinajstić information content (AvgIpc) is 3.05. The van der Waals surface area contributed by atoms with Gasteiger partial charge in [-0.3, -0.25) is 4.79 Å². The second kappa shape index (κ2) is 5.40. The van der Waals surface area contributed by atoms with Gasteiger partial charge in [-0.1, -0.05) is 0 Å². The molecular weight excluding hydrogens is 270 g/mol. The molecule has 0 saturated heterocycles. The fourth-order valence-corrected chi connectivity index (χ4v) is 3.23. The SMILES string of the molecule is Cc1ccc(C(=O)NCCc2ncc(C)n2C2CC2)s1. The van der Waals surface area contributed by atoms with Gasteiger partial charge in [-0.15, -0.1) is 11.3 Å². The number of aromatic nitrogens is 2. The molecule has 0 aliphatic heterocycles. The number of amides is 1. The number of hydrogen-bond acceptors (Lipinski definition) is 3. The van der Waals surface area contributed by atoms with Crippen LogP contribution in [0.1, 0.15) is 45.0 Å². The third kappa shape index (κ3) is 2.77. The summed E-state index contributed by atoms with van der Waals surface area (Å²) in [6.45, 7) is 4.75. The van der Waals surface area contributed by atoms with E-state index < -0.39 is 0 Å². The number of thiophene rings is 1. The van der Waals surface area contributed by atoms with E-state index in [9.17, 15) is 4.79 Å². The van der Waals surface area contributed by atoms with Crippen molar-refractivity contribution in [2.75, 3.05) is 6.54 Å². The van der Waals surface area contributed by atoms with Gasteiger partial charge in [-0.2, -0.15) is 0 Å². The van der Waals surface area contributed by atoms with E-state index in [0.717, 1.165) is 22.0 Å². The van der Waals surface area contributed by atoms with Crippen LogP contribution in [0.15, 0.2) is 18.3 Å². The van der Waals surface area contributed by atoms with Gasteiger partial charge in [0.1, 0.15) is 5.82 Å². The molecule has 0 atom stereocenters. The summed E-state index contributed by atoms with van der Waals surface area (Å²) in [7, 11) is 0. The smallest absolute Gasteiger partial charge is 0.261 e. The van der Waals surface area contributed by atoms with Crippen molar-refractivity contribution in [3.8, 4) is 0 Å². The third-order valence-electron chi connectivity index (χ3n) is 3.57. The van der Waals surface area contributed by atoms with Gasteiger partial charge in [0.2, 0.25) is 0 Å². The Balaban J connectivity index is 1.56. The largest absolute Gasteiger partial charge is 0.351 e. The minimum Gasteiger partial charge on any atom is -0.351 e. The number of nitrogens with one attached hydrogen (secondary N) is 1. The van der Waals surface area contributed by atoms with E-state index in [2.05, 4.69) is 21.8 Å². The van der Waals surface area contributed by atoms with Crippen LogP contribution in [0.5, 0.6) is 0 Å². The van der Waals surface area contributed by atoms with Crippen LogP contribution in [0.25, 0.3) is 0 Å². The molecule has 20 heavy (non-hydrogen) atoms. The molecule has 1 amide bonds. The number of nitrogens with zero attached hydrogens (tertiary/aromatic N) is 2. The highest BCUT2D eigenvalue weighted by molar-refractivity contribution is 7.13. The quantitative estimate of drug-likeness (QED) is 0.920. The molecule has 0 spiro atoms. The fourth-order valence-electron chi connectivity index (χ4n) is 2.44. The fraction of sp³-hybridized carbons (Fsp3) is 0.467. The van der Waals surface area contributed by atoms with Gasteiger partial charge in [0.15, 0.2) is 0 Å². The van der Waals surface area contributed by atoms with E-state index in [-0.39, 0.29) is 5.91 Å². The number of hydrogen-bond donors (Lipinski definition) is 1. The highest BCUT2D eigenvalue weighted by atomic mass is 32.1. The van der Waals surface area contributed by atoms with Crippen molar-refractivity contribution in [1.29, 1.82) is 0 Å². The van der Waals surface area contributed by atoms with Crippen molar-refractivity contribution >= 4 is 17.2 Å². The summed E-state index contributed by atoms with van der Waals surface area (Å²) in [5, 5.41) is 2.97. The Morgan fingerprint density at radius 2 is 2.25 bits per heavy atom. The molecule has 1 saturated carbocycles. The molecular formula is C15H19N3OS. The molecule has 1 N–H and O–H groups in total. The molecule has 0 unspecified atom stereocenters. The Bertz CT molecular complexity index is 625. The predicted molar refractivity (Wildman–Crippen MR) is 80.3 cm³/mol. The van der Waals surface area contributed by atoms with Crippen LogP contribution < -0.4 is 5.32 Å². The Labute approximate surface area is 122 Å². The zero-order valence-corrected chi connectivity index (χ0v) is 12.7. The van der Waals surface area contributed by atoms with Crippen LogP contribution >= 0.6 is 11.3 Å². The van der Waals surface area contributed by atoms with Crippen molar-refractivity contribution in [1.82, 2.24) is 14.9 Å². The summed E-state index contributed by atoms with van der Waals surface area (Å²) in [6, 6.07) is 4.50. The summed E-state index contributed by atoms with van der Waals surface area (Å²) >= 11 is 1.53. The van der Waals surface area contributed by atoms with Gasteiger partial charge in [-0.05, 0) is 38.8 Å².